The first-order valence-corrected chi connectivity index (χ1v) is 11.9. The van der Waals surface area contributed by atoms with Crippen molar-refractivity contribution in [2.45, 2.75) is 123 Å². The molecule has 3 nitrogen and oxygen atoms in total. The van der Waals surface area contributed by atoms with Crippen molar-refractivity contribution < 1.29 is 14.3 Å². The lowest BCUT2D eigenvalue weighted by Gasteiger charge is -2.11. The third-order valence-corrected chi connectivity index (χ3v) is 5.45. The van der Waals surface area contributed by atoms with Crippen molar-refractivity contribution in [2.75, 3.05) is 6.61 Å². The van der Waals surface area contributed by atoms with Crippen molar-refractivity contribution in [1.29, 1.82) is 0 Å². The Morgan fingerprint density at radius 1 is 0.667 bits per heavy atom. The van der Waals surface area contributed by atoms with Crippen LogP contribution in [0.25, 0.3) is 0 Å². The second-order valence-electron chi connectivity index (χ2n) is 7.70. The summed E-state index contributed by atoms with van der Waals surface area (Å²) >= 11 is 5.51. The van der Waals surface area contributed by atoms with Crippen molar-refractivity contribution >= 4 is 22.8 Å². The number of carbonyl (C=O) groups excluding carboxylic acids is 2. The van der Waals surface area contributed by atoms with E-state index >= 15 is 0 Å². The van der Waals surface area contributed by atoms with Crippen molar-refractivity contribution in [1.82, 2.24) is 0 Å². The summed E-state index contributed by atoms with van der Waals surface area (Å²) < 4.78 is 4.90. The first kappa shape index (κ1) is 26.4. The Labute approximate surface area is 173 Å². The molecular weight excluding hydrogens is 360 g/mol. The zero-order chi connectivity index (χ0) is 20.2. The Bertz CT molecular complexity index is 358. The van der Waals surface area contributed by atoms with Gasteiger partial charge in [-0.05, 0) is 24.9 Å². The lowest BCUT2D eigenvalue weighted by molar-refractivity contribution is -0.150. The SMILES string of the molecule is CCCCCCCCCCCCCCCCCCC(C(=O)Cl)C(=O)OCC. The van der Waals surface area contributed by atoms with E-state index in [0.29, 0.717) is 13.0 Å². The molecule has 4 heteroatoms. The summed E-state index contributed by atoms with van der Waals surface area (Å²) in [7, 11) is 0. The molecule has 0 aliphatic carbocycles. The van der Waals surface area contributed by atoms with Crippen LogP contribution in [0.4, 0.5) is 0 Å². The van der Waals surface area contributed by atoms with Crippen LogP contribution >= 0.6 is 11.6 Å². The molecule has 0 amide bonds. The van der Waals surface area contributed by atoms with E-state index in [4.69, 9.17) is 16.3 Å². The number of unbranched alkanes of at least 4 members (excludes halogenated alkanes) is 15. The van der Waals surface area contributed by atoms with Crippen molar-refractivity contribution in [3.63, 3.8) is 0 Å². The number of halogens is 1. The number of rotatable bonds is 20. The molecule has 0 saturated carbocycles. The summed E-state index contributed by atoms with van der Waals surface area (Å²) in [4.78, 5) is 23.0. The molecule has 0 radical (unpaired) electrons. The fourth-order valence-electron chi connectivity index (χ4n) is 3.46. The van der Waals surface area contributed by atoms with Gasteiger partial charge in [0, 0.05) is 0 Å². The van der Waals surface area contributed by atoms with Gasteiger partial charge in [-0.25, -0.2) is 0 Å². The average Bonchev–Trinajstić information content (AvgIpc) is 2.64. The third-order valence-electron chi connectivity index (χ3n) is 5.19. The molecular formula is C23H43ClO3. The second kappa shape index (κ2) is 20.2. The number of hydrogen-bond donors (Lipinski definition) is 0. The summed E-state index contributed by atoms with van der Waals surface area (Å²) in [6, 6.07) is 0. The summed E-state index contributed by atoms with van der Waals surface area (Å²) in [5, 5.41) is -0.589. The van der Waals surface area contributed by atoms with Crippen LogP contribution in [0.2, 0.25) is 0 Å². The van der Waals surface area contributed by atoms with Gasteiger partial charge in [-0.15, -0.1) is 0 Å². The molecule has 160 valence electrons. The maximum absolute atomic E-state index is 11.6. The van der Waals surface area contributed by atoms with Gasteiger partial charge in [0.15, 0.2) is 0 Å². The van der Waals surface area contributed by atoms with Crippen LogP contribution in [0.1, 0.15) is 123 Å². The van der Waals surface area contributed by atoms with Gasteiger partial charge in [0.05, 0.1) is 6.61 Å². The van der Waals surface area contributed by atoms with Crippen molar-refractivity contribution in [3.8, 4) is 0 Å². The Balaban J connectivity index is 3.35. The van der Waals surface area contributed by atoms with Gasteiger partial charge in [0.1, 0.15) is 5.92 Å². The maximum Gasteiger partial charge on any atom is 0.317 e. The third kappa shape index (κ3) is 17.3. The van der Waals surface area contributed by atoms with Crippen LogP contribution in [0.5, 0.6) is 0 Å². The van der Waals surface area contributed by atoms with Gasteiger partial charge in [0.2, 0.25) is 5.24 Å². The zero-order valence-electron chi connectivity index (χ0n) is 17.9. The van der Waals surface area contributed by atoms with E-state index in [1.165, 1.54) is 89.9 Å². The monoisotopic (exact) mass is 402 g/mol. The van der Waals surface area contributed by atoms with Crippen LogP contribution in [-0.4, -0.2) is 17.8 Å². The minimum atomic E-state index is -0.779. The largest absolute Gasteiger partial charge is 0.465 e. The molecule has 0 spiro atoms. The number of hydrogen-bond acceptors (Lipinski definition) is 3. The second-order valence-corrected chi connectivity index (χ2v) is 8.07. The fourth-order valence-corrected chi connectivity index (χ4v) is 3.66. The number of carbonyl (C=O) groups is 2. The van der Waals surface area contributed by atoms with Crippen LogP contribution in [0.15, 0.2) is 0 Å². The molecule has 0 aliphatic rings. The number of esters is 1. The molecule has 1 unspecified atom stereocenters. The molecule has 0 rings (SSSR count). The van der Waals surface area contributed by atoms with E-state index in [-0.39, 0.29) is 0 Å². The van der Waals surface area contributed by atoms with Gasteiger partial charge in [-0.1, -0.05) is 110 Å². The highest BCUT2D eigenvalue weighted by Crippen LogP contribution is 2.17. The van der Waals surface area contributed by atoms with Crippen molar-refractivity contribution in [3.05, 3.63) is 0 Å². The van der Waals surface area contributed by atoms with Crippen LogP contribution in [0.3, 0.4) is 0 Å². The maximum atomic E-state index is 11.6. The molecule has 0 aliphatic heterocycles. The van der Waals surface area contributed by atoms with Crippen LogP contribution < -0.4 is 0 Å². The summed E-state index contributed by atoms with van der Waals surface area (Å²) in [6.45, 7) is 4.30. The highest BCUT2D eigenvalue weighted by atomic mass is 35.5. The smallest absolute Gasteiger partial charge is 0.317 e. The normalized spacial score (nSPS) is 12.1. The Morgan fingerprint density at radius 3 is 1.37 bits per heavy atom. The van der Waals surface area contributed by atoms with Gasteiger partial charge >= 0.3 is 5.97 Å². The van der Waals surface area contributed by atoms with Gasteiger partial charge in [-0.2, -0.15) is 0 Å². The molecule has 0 aromatic rings. The average molecular weight is 403 g/mol. The molecule has 1 atom stereocenters. The first-order chi connectivity index (χ1) is 13.1. The molecule has 27 heavy (non-hydrogen) atoms. The molecule has 0 fully saturated rings. The highest BCUT2D eigenvalue weighted by molar-refractivity contribution is 6.65. The lowest BCUT2D eigenvalue weighted by Crippen LogP contribution is -2.23. The first-order valence-electron chi connectivity index (χ1n) is 11.5. The van der Waals surface area contributed by atoms with E-state index in [1.54, 1.807) is 6.92 Å². The fraction of sp³-hybridized carbons (Fsp3) is 0.913. The highest BCUT2D eigenvalue weighted by Gasteiger charge is 2.25. The topological polar surface area (TPSA) is 43.4 Å². The van der Waals surface area contributed by atoms with E-state index in [9.17, 15) is 9.59 Å². The van der Waals surface area contributed by atoms with Crippen LogP contribution in [0, 0.1) is 5.92 Å². The Hall–Kier alpha value is -0.570. The molecule has 0 N–H and O–H groups in total. The zero-order valence-corrected chi connectivity index (χ0v) is 18.7. The quantitative estimate of drug-likeness (QED) is 0.0911. The minimum absolute atomic E-state index is 0.290. The number of ether oxygens (including phenoxy) is 1. The Morgan fingerprint density at radius 2 is 1.04 bits per heavy atom. The van der Waals surface area contributed by atoms with Crippen LogP contribution in [-0.2, 0) is 14.3 Å². The van der Waals surface area contributed by atoms with Crippen molar-refractivity contribution in [2.24, 2.45) is 5.92 Å². The van der Waals surface area contributed by atoms with E-state index < -0.39 is 17.1 Å². The van der Waals surface area contributed by atoms with E-state index in [0.717, 1.165) is 12.8 Å². The predicted octanol–water partition coefficient (Wildman–Crippen LogP) is 7.58. The van der Waals surface area contributed by atoms with Gasteiger partial charge < -0.3 is 4.74 Å². The standard InChI is InChI=1S/C23H43ClO3/c1-3-5-6-7-8-9-10-11-12-13-14-15-16-17-18-19-20-21(22(24)25)23(26)27-4-2/h21H,3-20H2,1-2H3. The molecule has 0 heterocycles. The van der Waals surface area contributed by atoms with Gasteiger partial charge in [0.25, 0.3) is 0 Å². The lowest BCUT2D eigenvalue weighted by atomic mass is 10.0. The Kier molecular flexibility index (Phi) is 19.7. The minimum Gasteiger partial charge on any atom is -0.465 e. The van der Waals surface area contributed by atoms with E-state index in [1.807, 2.05) is 0 Å². The molecule has 0 aromatic carbocycles. The van der Waals surface area contributed by atoms with E-state index in [2.05, 4.69) is 6.92 Å². The van der Waals surface area contributed by atoms with Gasteiger partial charge in [-0.3, -0.25) is 9.59 Å². The summed E-state index contributed by atoms with van der Waals surface area (Å²) in [5.74, 6) is -1.25. The predicted molar refractivity (Wildman–Crippen MR) is 115 cm³/mol. The summed E-state index contributed by atoms with van der Waals surface area (Å²) in [5.41, 5.74) is 0. The summed E-state index contributed by atoms with van der Waals surface area (Å²) in [6.07, 6.45) is 21.5. The molecule has 0 bridgehead atoms. The molecule has 0 aromatic heterocycles. The molecule has 0 saturated heterocycles.